The number of carbonyl (C=O) groups is 1. The van der Waals surface area contributed by atoms with Crippen LogP contribution in [0.1, 0.15) is 13.8 Å². The number of allylic oxidation sites excluding steroid dienone is 2. The summed E-state index contributed by atoms with van der Waals surface area (Å²) in [5.74, 6) is 0.608. The number of ether oxygens (including phenoxy) is 2. The zero-order valence-corrected chi connectivity index (χ0v) is 6.51. The fraction of sp³-hybridized carbons (Fsp3) is 0.571. The van der Waals surface area contributed by atoms with Crippen LogP contribution in [0.3, 0.4) is 0 Å². The largest absolute Gasteiger partial charge is 0.472 e. The Balaban J connectivity index is 3.79. The SMILES string of the molecule is COCO/C(C)=C(\C)C=O. The molecule has 0 unspecified atom stereocenters. The van der Waals surface area contributed by atoms with E-state index in [9.17, 15) is 4.79 Å². The number of hydrogen-bond donors (Lipinski definition) is 0. The van der Waals surface area contributed by atoms with E-state index in [0.29, 0.717) is 11.3 Å². The molecule has 0 aliphatic heterocycles. The highest BCUT2D eigenvalue weighted by Crippen LogP contribution is 2.01. The lowest BCUT2D eigenvalue weighted by Crippen LogP contribution is -1.96. The summed E-state index contributed by atoms with van der Waals surface area (Å²) in [6, 6.07) is 0. The van der Waals surface area contributed by atoms with Gasteiger partial charge in [0.05, 0.1) is 0 Å². The zero-order valence-electron chi connectivity index (χ0n) is 6.51. The highest BCUT2D eigenvalue weighted by atomic mass is 16.7. The van der Waals surface area contributed by atoms with Gasteiger partial charge in [0.2, 0.25) is 0 Å². The minimum atomic E-state index is 0.191. The van der Waals surface area contributed by atoms with E-state index >= 15 is 0 Å². The topological polar surface area (TPSA) is 35.5 Å². The summed E-state index contributed by atoms with van der Waals surface area (Å²) >= 11 is 0. The van der Waals surface area contributed by atoms with Gasteiger partial charge in [0.25, 0.3) is 0 Å². The van der Waals surface area contributed by atoms with Gasteiger partial charge in [0.1, 0.15) is 12.0 Å². The van der Waals surface area contributed by atoms with Crippen molar-refractivity contribution in [2.45, 2.75) is 13.8 Å². The third-order valence-corrected chi connectivity index (χ3v) is 1.13. The van der Waals surface area contributed by atoms with E-state index in [1.54, 1.807) is 13.8 Å². The van der Waals surface area contributed by atoms with Gasteiger partial charge >= 0.3 is 0 Å². The lowest BCUT2D eigenvalue weighted by Gasteiger charge is -2.04. The van der Waals surface area contributed by atoms with Crippen LogP contribution >= 0.6 is 0 Å². The van der Waals surface area contributed by atoms with Crippen LogP contribution in [0.15, 0.2) is 11.3 Å². The van der Waals surface area contributed by atoms with E-state index in [0.717, 1.165) is 6.29 Å². The molecule has 0 bridgehead atoms. The standard InChI is InChI=1S/C7H12O3/c1-6(4-8)7(2)10-5-9-3/h4H,5H2,1-3H3/b7-6+. The van der Waals surface area contributed by atoms with Gasteiger partial charge in [0, 0.05) is 12.7 Å². The average molecular weight is 144 g/mol. The van der Waals surface area contributed by atoms with E-state index in [1.165, 1.54) is 7.11 Å². The van der Waals surface area contributed by atoms with Gasteiger partial charge in [-0.15, -0.1) is 0 Å². The normalized spacial score (nSPS) is 12.3. The van der Waals surface area contributed by atoms with Crippen LogP contribution in [0.2, 0.25) is 0 Å². The van der Waals surface area contributed by atoms with Crippen molar-refractivity contribution in [1.29, 1.82) is 0 Å². The van der Waals surface area contributed by atoms with Crippen LogP contribution in [0.4, 0.5) is 0 Å². The summed E-state index contributed by atoms with van der Waals surface area (Å²) in [5.41, 5.74) is 0.594. The second-order valence-corrected chi connectivity index (χ2v) is 1.91. The number of methoxy groups -OCH3 is 1. The predicted octanol–water partition coefficient (Wildman–Crippen LogP) is 1.10. The first-order chi connectivity index (χ1) is 4.72. The highest BCUT2D eigenvalue weighted by molar-refractivity contribution is 5.72. The maximum Gasteiger partial charge on any atom is 0.188 e. The van der Waals surface area contributed by atoms with Crippen LogP contribution in [0, 0.1) is 0 Å². The van der Waals surface area contributed by atoms with Crippen molar-refractivity contribution >= 4 is 6.29 Å². The van der Waals surface area contributed by atoms with Crippen LogP contribution in [-0.2, 0) is 14.3 Å². The van der Waals surface area contributed by atoms with Crippen molar-refractivity contribution < 1.29 is 14.3 Å². The molecule has 0 heterocycles. The van der Waals surface area contributed by atoms with E-state index in [1.807, 2.05) is 0 Å². The Morgan fingerprint density at radius 3 is 2.50 bits per heavy atom. The second kappa shape index (κ2) is 4.99. The molecule has 0 aliphatic carbocycles. The molecule has 3 nitrogen and oxygen atoms in total. The first-order valence-electron chi connectivity index (χ1n) is 2.96. The molecule has 0 aromatic carbocycles. The minimum absolute atomic E-state index is 0.191. The monoisotopic (exact) mass is 144 g/mol. The number of carbonyl (C=O) groups excluding carboxylic acids is 1. The summed E-state index contributed by atoms with van der Waals surface area (Å²) in [6.07, 6.45) is 0.755. The van der Waals surface area contributed by atoms with Crippen LogP contribution in [0.25, 0.3) is 0 Å². The minimum Gasteiger partial charge on any atom is -0.472 e. The second-order valence-electron chi connectivity index (χ2n) is 1.91. The molecule has 0 aliphatic rings. The molecule has 0 atom stereocenters. The highest BCUT2D eigenvalue weighted by Gasteiger charge is 1.93. The summed E-state index contributed by atoms with van der Waals surface area (Å²) in [5, 5.41) is 0. The van der Waals surface area contributed by atoms with Crippen LogP contribution < -0.4 is 0 Å². The molecule has 10 heavy (non-hydrogen) atoms. The Morgan fingerprint density at radius 1 is 1.50 bits per heavy atom. The quantitative estimate of drug-likeness (QED) is 0.256. The Kier molecular flexibility index (Phi) is 4.58. The van der Waals surface area contributed by atoms with Crippen molar-refractivity contribution in [2.24, 2.45) is 0 Å². The van der Waals surface area contributed by atoms with E-state index in [2.05, 4.69) is 4.74 Å². The first-order valence-corrected chi connectivity index (χ1v) is 2.96. The fourth-order valence-corrected chi connectivity index (χ4v) is 0.344. The molecule has 0 rings (SSSR count). The smallest absolute Gasteiger partial charge is 0.188 e. The fourth-order valence-electron chi connectivity index (χ4n) is 0.344. The summed E-state index contributed by atoms with van der Waals surface area (Å²) in [4.78, 5) is 10.1. The van der Waals surface area contributed by atoms with Crippen molar-refractivity contribution in [2.75, 3.05) is 13.9 Å². The van der Waals surface area contributed by atoms with Gasteiger partial charge in [0.15, 0.2) is 6.79 Å². The molecule has 0 spiro atoms. The van der Waals surface area contributed by atoms with E-state index in [-0.39, 0.29) is 6.79 Å². The summed E-state index contributed by atoms with van der Waals surface area (Å²) in [7, 11) is 1.53. The van der Waals surface area contributed by atoms with Crippen molar-refractivity contribution in [3.8, 4) is 0 Å². The van der Waals surface area contributed by atoms with E-state index < -0.39 is 0 Å². The lowest BCUT2D eigenvalue weighted by atomic mass is 10.3. The van der Waals surface area contributed by atoms with Gasteiger partial charge in [-0.1, -0.05) is 0 Å². The summed E-state index contributed by atoms with van der Waals surface area (Å²) in [6.45, 7) is 3.61. The molecular formula is C7H12O3. The Morgan fingerprint density at radius 2 is 2.10 bits per heavy atom. The van der Waals surface area contributed by atoms with Crippen molar-refractivity contribution in [3.05, 3.63) is 11.3 Å². The Bertz CT molecular complexity index is 138. The molecule has 0 fully saturated rings. The van der Waals surface area contributed by atoms with E-state index in [4.69, 9.17) is 4.74 Å². The molecule has 0 N–H and O–H groups in total. The number of hydrogen-bond acceptors (Lipinski definition) is 3. The van der Waals surface area contributed by atoms with Gasteiger partial charge in [-0.25, -0.2) is 0 Å². The number of aldehydes is 1. The Hall–Kier alpha value is -0.830. The predicted molar refractivity (Wildman–Crippen MR) is 37.4 cm³/mol. The molecule has 0 saturated heterocycles. The molecule has 0 amide bonds. The Labute approximate surface area is 60.6 Å². The maximum atomic E-state index is 10.1. The lowest BCUT2D eigenvalue weighted by molar-refractivity contribution is -0.105. The molecular weight excluding hydrogens is 132 g/mol. The van der Waals surface area contributed by atoms with Crippen molar-refractivity contribution in [1.82, 2.24) is 0 Å². The van der Waals surface area contributed by atoms with Crippen molar-refractivity contribution in [3.63, 3.8) is 0 Å². The van der Waals surface area contributed by atoms with Gasteiger partial charge in [-0.05, 0) is 13.8 Å². The molecule has 0 radical (unpaired) electrons. The van der Waals surface area contributed by atoms with Gasteiger partial charge < -0.3 is 9.47 Å². The van der Waals surface area contributed by atoms with Gasteiger partial charge in [-0.3, -0.25) is 4.79 Å². The molecule has 0 aromatic heterocycles. The third kappa shape index (κ3) is 3.25. The number of rotatable bonds is 4. The zero-order chi connectivity index (χ0) is 7.98. The molecule has 0 aromatic rings. The van der Waals surface area contributed by atoms with Crippen LogP contribution in [0.5, 0.6) is 0 Å². The molecule has 0 saturated carbocycles. The van der Waals surface area contributed by atoms with Gasteiger partial charge in [-0.2, -0.15) is 0 Å². The third-order valence-electron chi connectivity index (χ3n) is 1.13. The molecule has 58 valence electrons. The molecule has 3 heteroatoms. The summed E-state index contributed by atoms with van der Waals surface area (Å²) < 4.78 is 9.60. The first kappa shape index (κ1) is 9.17. The van der Waals surface area contributed by atoms with Crippen LogP contribution in [-0.4, -0.2) is 20.2 Å². The average Bonchev–Trinajstić information content (AvgIpc) is 1.98. The maximum absolute atomic E-state index is 10.1.